The summed E-state index contributed by atoms with van der Waals surface area (Å²) in [5.41, 5.74) is 0. The number of nitrogens with zero attached hydrogens (tertiary/aromatic N) is 2. The van der Waals surface area contributed by atoms with Gasteiger partial charge in [-0.1, -0.05) is 0 Å². The summed E-state index contributed by atoms with van der Waals surface area (Å²) in [7, 11) is 0.362. The van der Waals surface area contributed by atoms with Crippen molar-refractivity contribution in [2.24, 2.45) is 11.8 Å². The van der Waals surface area contributed by atoms with Crippen LogP contribution in [-0.4, -0.2) is 100 Å². The van der Waals surface area contributed by atoms with Gasteiger partial charge in [-0.3, -0.25) is 9.69 Å². The Balaban J connectivity index is 1.37. The monoisotopic (exact) mass is 486 g/mol. The van der Waals surface area contributed by atoms with Crippen molar-refractivity contribution in [1.82, 2.24) is 9.80 Å². The SMILES string of the molecule is COC(=O)C1CC2[NH2+]CN(CC3CCC(OC)CC3)C2CN1CC1CCC(S(C)(=O)=O)CC1. The van der Waals surface area contributed by atoms with Gasteiger partial charge >= 0.3 is 5.97 Å². The lowest BCUT2D eigenvalue weighted by atomic mass is 9.85. The fraction of sp³-hybridized carbons (Fsp3) is 0.958. The normalized spacial score (nSPS) is 38.7. The highest BCUT2D eigenvalue weighted by atomic mass is 32.2. The number of fused-ring (bicyclic) bond motifs is 1. The predicted molar refractivity (Wildman–Crippen MR) is 126 cm³/mol. The van der Waals surface area contributed by atoms with Gasteiger partial charge in [-0.25, -0.2) is 13.3 Å². The van der Waals surface area contributed by atoms with Crippen LogP contribution < -0.4 is 5.32 Å². The summed E-state index contributed by atoms with van der Waals surface area (Å²) >= 11 is 0. The average Bonchev–Trinajstić information content (AvgIpc) is 3.19. The molecule has 0 aromatic heterocycles. The highest BCUT2D eigenvalue weighted by molar-refractivity contribution is 7.91. The van der Waals surface area contributed by atoms with E-state index >= 15 is 0 Å². The second kappa shape index (κ2) is 10.9. The van der Waals surface area contributed by atoms with E-state index in [1.54, 1.807) is 0 Å². The maximum atomic E-state index is 12.7. The summed E-state index contributed by atoms with van der Waals surface area (Å²) < 4.78 is 34.6. The number of ether oxygens (including phenoxy) is 2. The maximum Gasteiger partial charge on any atom is 0.323 e. The molecule has 2 aliphatic heterocycles. The molecule has 3 atom stereocenters. The quantitative estimate of drug-likeness (QED) is 0.527. The second-order valence-electron chi connectivity index (χ2n) is 11.0. The van der Waals surface area contributed by atoms with Gasteiger partial charge < -0.3 is 14.8 Å². The molecule has 2 aliphatic carbocycles. The number of esters is 1. The van der Waals surface area contributed by atoms with Crippen molar-refractivity contribution in [3.8, 4) is 0 Å². The van der Waals surface area contributed by atoms with E-state index in [1.165, 1.54) is 39.0 Å². The molecule has 4 aliphatic rings. The molecule has 9 heteroatoms. The van der Waals surface area contributed by atoms with Crippen molar-refractivity contribution >= 4 is 15.8 Å². The van der Waals surface area contributed by atoms with Crippen LogP contribution in [0.25, 0.3) is 0 Å². The number of hydrogen-bond donors (Lipinski definition) is 1. The van der Waals surface area contributed by atoms with Crippen molar-refractivity contribution in [3.05, 3.63) is 0 Å². The van der Waals surface area contributed by atoms with Crippen LogP contribution in [0.2, 0.25) is 0 Å². The number of quaternary nitrogens is 1. The summed E-state index contributed by atoms with van der Waals surface area (Å²) in [5.74, 6) is 1.07. The van der Waals surface area contributed by atoms with Crippen molar-refractivity contribution in [2.45, 2.75) is 87.3 Å². The summed E-state index contributed by atoms with van der Waals surface area (Å²) in [5, 5.41) is 2.24. The third kappa shape index (κ3) is 6.10. The van der Waals surface area contributed by atoms with Crippen LogP contribution in [0.15, 0.2) is 0 Å². The summed E-state index contributed by atoms with van der Waals surface area (Å²) in [6.45, 7) is 3.93. The zero-order valence-corrected chi connectivity index (χ0v) is 21.5. The minimum atomic E-state index is -2.96. The van der Waals surface area contributed by atoms with Crippen LogP contribution in [0.4, 0.5) is 0 Å². The summed E-state index contributed by atoms with van der Waals surface area (Å²) in [4.78, 5) is 17.7. The van der Waals surface area contributed by atoms with Gasteiger partial charge in [-0.15, -0.1) is 0 Å². The Bertz CT molecular complexity index is 762. The van der Waals surface area contributed by atoms with Crippen LogP contribution >= 0.6 is 0 Å². The topological polar surface area (TPSA) is 92.8 Å². The summed E-state index contributed by atoms with van der Waals surface area (Å²) in [6, 6.07) is 0.734. The molecular weight excluding hydrogens is 442 g/mol. The highest BCUT2D eigenvalue weighted by Crippen LogP contribution is 2.33. The number of nitrogens with two attached hydrogens (primary N) is 1. The Morgan fingerprint density at radius 2 is 1.55 bits per heavy atom. The van der Waals surface area contributed by atoms with Crippen LogP contribution in [0, 0.1) is 11.8 Å². The molecule has 190 valence electrons. The number of rotatable bonds is 7. The molecule has 4 fully saturated rings. The Labute approximate surface area is 199 Å². The van der Waals surface area contributed by atoms with E-state index in [0.29, 0.717) is 24.1 Å². The van der Waals surface area contributed by atoms with E-state index < -0.39 is 9.84 Å². The van der Waals surface area contributed by atoms with E-state index in [1.807, 2.05) is 7.11 Å². The van der Waals surface area contributed by atoms with Gasteiger partial charge in [-0.05, 0) is 63.2 Å². The van der Waals surface area contributed by atoms with E-state index in [-0.39, 0.29) is 17.3 Å². The zero-order chi connectivity index (χ0) is 23.6. The molecule has 2 N–H and O–H groups in total. The number of carbonyl (C=O) groups excluding carboxylic acids is 1. The van der Waals surface area contributed by atoms with Gasteiger partial charge in [0, 0.05) is 39.4 Å². The first kappa shape index (κ1) is 25.4. The van der Waals surface area contributed by atoms with Crippen LogP contribution in [0.5, 0.6) is 0 Å². The third-order valence-electron chi connectivity index (χ3n) is 8.95. The van der Waals surface area contributed by atoms with E-state index in [9.17, 15) is 13.2 Å². The lowest BCUT2D eigenvalue weighted by molar-refractivity contribution is -0.678. The molecule has 0 aromatic carbocycles. The van der Waals surface area contributed by atoms with Crippen molar-refractivity contribution in [3.63, 3.8) is 0 Å². The van der Waals surface area contributed by atoms with Crippen molar-refractivity contribution < 1.29 is 28.0 Å². The van der Waals surface area contributed by atoms with Gasteiger partial charge in [0.05, 0.1) is 24.5 Å². The van der Waals surface area contributed by atoms with Crippen molar-refractivity contribution in [1.29, 1.82) is 0 Å². The number of likely N-dealkylation sites (tertiary alicyclic amines) is 1. The van der Waals surface area contributed by atoms with Gasteiger partial charge in [-0.2, -0.15) is 0 Å². The zero-order valence-electron chi connectivity index (χ0n) is 20.7. The highest BCUT2D eigenvalue weighted by Gasteiger charge is 2.48. The Morgan fingerprint density at radius 1 is 0.939 bits per heavy atom. The molecule has 0 amide bonds. The number of sulfone groups is 1. The first-order chi connectivity index (χ1) is 15.8. The lowest BCUT2D eigenvalue weighted by Crippen LogP contribution is -2.89. The molecule has 4 rings (SSSR count). The number of hydrogen-bond acceptors (Lipinski definition) is 7. The molecule has 0 aromatic rings. The largest absolute Gasteiger partial charge is 0.468 e. The minimum absolute atomic E-state index is 0.122. The van der Waals surface area contributed by atoms with Gasteiger partial charge in [0.25, 0.3) is 0 Å². The molecule has 0 bridgehead atoms. The Morgan fingerprint density at radius 3 is 2.12 bits per heavy atom. The third-order valence-corrected chi connectivity index (χ3v) is 10.6. The van der Waals surface area contributed by atoms with Crippen LogP contribution in [0.3, 0.4) is 0 Å². The fourth-order valence-corrected chi connectivity index (χ4v) is 7.99. The fourth-order valence-electron chi connectivity index (χ4n) is 6.86. The summed E-state index contributed by atoms with van der Waals surface area (Å²) in [6.07, 6.45) is 10.8. The molecule has 0 radical (unpaired) electrons. The molecule has 2 saturated carbocycles. The minimum Gasteiger partial charge on any atom is -0.468 e. The van der Waals surface area contributed by atoms with Crippen molar-refractivity contribution in [2.75, 3.05) is 46.8 Å². The number of methoxy groups -OCH3 is 2. The smallest absolute Gasteiger partial charge is 0.323 e. The van der Waals surface area contributed by atoms with Crippen LogP contribution in [0.1, 0.15) is 57.8 Å². The van der Waals surface area contributed by atoms with Crippen LogP contribution in [-0.2, 0) is 24.1 Å². The second-order valence-corrected chi connectivity index (χ2v) is 13.3. The van der Waals surface area contributed by atoms with E-state index in [4.69, 9.17) is 9.47 Å². The lowest BCUT2D eigenvalue weighted by Gasteiger charge is -2.43. The maximum absolute atomic E-state index is 12.7. The molecule has 2 saturated heterocycles. The number of carbonyl (C=O) groups is 1. The first-order valence-corrected chi connectivity index (χ1v) is 14.8. The molecule has 8 nitrogen and oxygen atoms in total. The van der Waals surface area contributed by atoms with Gasteiger partial charge in [0.2, 0.25) is 0 Å². The van der Waals surface area contributed by atoms with E-state index in [0.717, 1.165) is 64.3 Å². The molecule has 0 spiro atoms. The molecule has 33 heavy (non-hydrogen) atoms. The molecule has 3 unspecified atom stereocenters. The standard InChI is InChI=1S/C24H43N3O5S/c1-31-19-8-4-17(5-9-19)14-27-16-25-21-12-22(24(28)32-2)26(15-23(21)27)13-18-6-10-20(11-7-18)33(3,29)30/h17-23,25H,4-16H2,1-3H3/p+1. The van der Waals surface area contributed by atoms with E-state index in [2.05, 4.69) is 15.1 Å². The van der Waals surface area contributed by atoms with Gasteiger partial charge in [0.15, 0.2) is 0 Å². The molecule has 2 heterocycles. The first-order valence-electron chi connectivity index (χ1n) is 12.9. The molecular formula is C24H44N3O5S+. The van der Waals surface area contributed by atoms with Gasteiger partial charge in [0.1, 0.15) is 28.6 Å². The predicted octanol–water partition coefficient (Wildman–Crippen LogP) is 0.616. The average molecular weight is 487 g/mol. The number of piperidine rings is 1. The Kier molecular flexibility index (Phi) is 8.37. The Hall–Kier alpha value is -0.740.